The Hall–Kier alpha value is -3.90. The molecule has 2 unspecified atom stereocenters. The molecule has 0 saturated heterocycles. The maximum absolute atomic E-state index is 12.7. The monoisotopic (exact) mass is 607 g/mol. The highest BCUT2D eigenvalue weighted by Crippen LogP contribution is 2.44. The van der Waals surface area contributed by atoms with Crippen LogP contribution in [-0.2, 0) is 11.0 Å². The lowest BCUT2D eigenvalue weighted by Gasteiger charge is -2.26. The van der Waals surface area contributed by atoms with E-state index in [2.05, 4.69) is 47.5 Å². The third-order valence-corrected chi connectivity index (χ3v) is 8.45. The van der Waals surface area contributed by atoms with E-state index in [1.807, 2.05) is 27.0 Å². The zero-order chi connectivity index (χ0) is 29.5. The Morgan fingerprint density at radius 1 is 1.10 bits per heavy atom. The van der Waals surface area contributed by atoms with Gasteiger partial charge in [-0.15, -0.1) is 5.10 Å². The fourth-order valence-corrected chi connectivity index (χ4v) is 6.33. The predicted molar refractivity (Wildman–Crippen MR) is 160 cm³/mol. The minimum absolute atomic E-state index is 0.0532. The first-order valence-corrected chi connectivity index (χ1v) is 15.7. The number of amides is 1. The summed E-state index contributed by atoms with van der Waals surface area (Å²) >= 11 is 6.08. The van der Waals surface area contributed by atoms with E-state index >= 15 is 0 Å². The Balaban J connectivity index is 1.33. The number of anilines is 1. The summed E-state index contributed by atoms with van der Waals surface area (Å²) < 4.78 is 26.0. The molecule has 1 fully saturated rings. The van der Waals surface area contributed by atoms with Crippen LogP contribution in [0, 0.1) is 13.8 Å². The molecule has 218 valence electrons. The van der Waals surface area contributed by atoms with E-state index in [0.29, 0.717) is 23.0 Å². The first-order chi connectivity index (χ1) is 20.2. The Labute approximate surface area is 249 Å². The largest absolute Gasteiger partial charge is 0.454 e. The molecule has 13 heteroatoms. The number of halogens is 1. The summed E-state index contributed by atoms with van der Waals surface area (Å²) in [6.45, 7) is 5.83. The summed E-state index contributed by atoms with van der Waals surface area (Å²) in [5.74, 6) is 1.32. The van der Waals surface area contributed by atoms with Gasteiger partial charge in [-0.25, -0.2) is 9.19 Å². The van der Waals surface area contributed by atoms with Crippen molar-refractivity contribution >= 4 is 56.3 Å². The van der Waals surface area contributed by atoms with Crippen LogP contribution in [0.25, 0.3) is 22.1 Å². The zero-order valence-corrected chi connectivity index (χ0v) is 25.2. The van der Waals surface area contributed by atoms with E-state index in [-0.39, 0.29) is 28.7 Å². The number of nitrogens with one attached hydrogen (secondary N) is 2. The average Bonchev–Trinajstić information content (AvgIpc) is 3.56. The van der Waals surface area contributed by atoms with E-state index in [0.717, 1.165) is 58.9 Å². The van der Waals surface area contributed by atoms with Gasteiger partial charge in [-0.1, -0.05) is 22.8 Å². The molecular formula is C29H30ClN7O4S. The van der Waals surface area contributed by atoms with Crippen molar-refractivity contribution in [2.24, 2.45) is 0 Å². The lowest BCUT2D eigenvalue weighted by molar-refractivity contribution is 0.0979. The van der Waals surface area contributed by atoms with Crippen molar-refractivity contribution in [3.63, 3.8) is 0 Å². The maximum Gasteiger partial charge on any atom is 0.283 e. The fourth-order valence-electron chi connectivity index (χ4n) is 5.82. The van der Waals surface area contributed by atoms with Gasteiger partial charge in [0, 0.05) is 28.7 Å². The van der Waals surface area contributed by atoms with Gasteiger partial charge in [0.05, 0.1) is 17.9 Å². The molecular weight excluding hydrogens is 578 g/mol. The van der Waals surface area contributed by atoms with Crippen LogP contribution in [0.1, 0.15) is 89.4 Å². The van der Waals surface area contributed by atoms with Crippen molar-refractivity contribution in [1.82, 2.24) is 30.0 Å². The number of carbonyl (C=O) groups excluding carboxylic acids is 1. The van der Waals surface area contributed by atoms with Crippen LogP contribution in [-0.4, -0.2) is 41.7 Å². The van der Waals surface area contributed by atoms with Crippen LogP contribution in [0.4, 0.5) is 5.69 Å². The van der Waals surface area contributed by atoms with Gasteiger partial charge in [0.15, 0.2) is 17.1 Å². The molecule has 1 aliphatic rings. The molecule has 0 spiro atoms. The van der Waals surface area contributed by atoms with Gasteiger partial charge < -0.3 is 14.3 Å². The first kappa shape index (κ1) is 28.2. The highest BCUT2D eigenvalue weighted by molar-refractivity contribution is 7.82. The normalized spacial score (nSPS) is 18.7. The van der Waals surface area contributed by atoms with Gasteiger partial charge in [0.25, 0.3) is 5.91 Å². The first-order valence-electron chi connectivity index (χ1n) is 13.7. The molecule has 0 radical (unpaired) electrons. The molecule has 5 aromatic rings. The number of nitrogens with zero attached hydrogens (tertiary/aromatic N) is 5. The zero-order valence-electron chi connectivity index (χ0n) is 23.6. The summed E-state index contributed by atoms with van der Waals surface area (Å²) in [4.78, 5) is 21.3. The van der Waals surface area contributed by atoms with Gasteiger partial charge in [0.1, 0.15) is 27.2 Å². The van der Waals surface area contributed by atoms with Gasteiger partial charge in [-0.2, -0.15) is 10.1 Å². The van der Waals surface area contributed by atoms with E-state index in [1.54, 1.807) is 12.1 Å². The highest BCUT2D eigenvalue weighted by atomic mass is 35.5. The molecule has 6 rings (SSSR count). The highest BCUT2D eigenvalue weighted by Gasteiger charge is 2.30. The van der Waals surface area contributed by atoms with Crippen molar-refractivity contribution in [1.29, 1.82) is 0 Å². The SMILES string of the molecule is Cc1cc(C(C)Nc2ccc(Cl)nc2C(=O)NS(C)=O)c2oc3c(C4CCC(c5nc(C)no5)CC4)cnnc3c2c1. The molecule has 2 atom stereocenters. The number of hydrogen-bond acceptors (Lipinski definition) is 10. The molecule has 1 amide bonds. The van der Waals surface area contributed by atoms with Crippen LogP contribution >= 0.6 is 11.6 Å². The number of fused-ring (bicyclic) bond motifs is 3. The van der Waals surface area contributed by atoms with E-state index in [1.165, 1.54) is 6.26 Å². The van der Waals surface area contributed by atoms with Gasteiger partial charge in [-0.05, 0) is 76.1 Å². The Kier molecular flexibility index (Phi) is 7.67. The van der Waals surface area contributed by atoms with Crippen molar-refractivity contribution in [3.8, 4) is 0 Å². The van der Waals surface area contributed by atoms with Crippen LogP contribution in [0.5, 0.6) is 0 Å². The third kappa shape index (κ3) is 5.48. The van der Waals surface area contributed by atoms with Crippen molar-refractivity contribution < 1.29 is 17.9 Å². The lowest BCUT2D eigenvalue weighted by Crippen LogP contribution is -2.27. The fraction of sp³-hybridized carbons (Fsp3) is 0.379. The summed E-state index contributed by atoms with van der Waals surface area (Å²) in [7, 11) is -1.55. The number of aryl methyl sites for hydroxylation is 2. The van der Waals surface area contributed by atoms with Crippen LogP contribution < -0.4 is 10.0 Å². The number of pyridine rings is 1. The number of aromatic nitrogens is 5. The molecule has 42 heavy (non-hydrogen) atoms. The van der Waals surface area contributed by atoms with Crippen molar-refractivity contribution in [2.75, 3.05) is 11.6 Å². The minimum atomic E-state index is -1.55. The number of hydrogen-bond donors (Lipinski definition) is 2. The molecule has 0 aliphatic heterocycles. The summed E-state index contributed by atoms with van der Waals surface area (Å²) in [5, 5.41) is 17.2. The van der Waals surface area contributed by atoms with E-state index in [9.17, 15) is 9.00 Å². The van der Waals surface area contributed by atoms with Crippen LogP contribution in [0.15, 0.2) is 39.4 Å². The second kappa shape index (κ2) is 11.4. The van der Waals surface area contributed by atoms with Gasteiger partial charge in [-0.3, -0.25) is 9.52 Å². The van der Waals surface area contributed by atoms with Crippen molar-refractivity contribution in [3.05, 3.63) is 69.7 Å². The number of rotatable bonds is 7. The molecule has 1 saturated carbocycles. The average molecular weight is 608 g/mol. The van der Waals surface area contributed by atoms with Crippen LogP contribution in [0.3, 0.4) is 0 Å². The number of benzene rings is 1. The van der Waals surface area contributed by atoms with E-state index < -0.39 is 16.9 Å². The summed E-state index contributed by atoms with van der Waals surface area (Å²) in [6, 6.07) is 7.10. The summed E-state index contributed by atoms with van der Waals surface area (Å²) in [6.07, 6.45) is 6.98. The number of carbonyl (C=O) groups is 1. The Bertz CT molecular complexity index is 1830. The molecule has 1 aliphatic carbocycles. The molecule has 0 bridgehead atoms. The Morgan fingerprint density at radius 2 is 1.86 bits per heavy atom. The smallest absolute Gasteiger partial charge is 0.283 e. The Morgan fingerprint density at radius 3 is 2.57 bits per heavy atom. The van der Waals surface area contributed by atoms with Crippen LogP contribution in [0.2, 0.25) is 5.15 Å². The molecule has 1 aromatic carbocycles. The second-order valence-electron chi connectivity index (χ2n) is 10.8. The molecule has 4 aromatic heterocycles. The second-order valence-corrected chi connectivity index (χ2v) is 12.3. The standard InChI is InChI=1S/C29H30ClN7O4S/c1-14-11-19(15(2)32-22-9-10-23(30)34-25(22)28(38)37-42(4)39)26-20(12-14)24-27(40-26)21(13-31-35-24)17-5-7-18(8-6-17)29-33-16(3)36-41-29/h9-13,15,17-18,32H,5-8H2,1-4H3,(H,37,38). The maximum atomic E-state index is 12.7. The lowest BCUT2D eigenvalue weighted by atomic mass is 9.79. The van der Waals surface area contributed by atoms with E-state index in [4.69, 9.17) is 20.5 Å². The molecule has 4 heterocycles. The molecule has 11 nitrogen and oxygen atoms in total. The third-order valence-electron chi connectivity index (χ3n) is 7.76. The van der Waals surface area contributed by atoms with Crippen molar-refractivity contribution in [2.45, 2.75) is 64.3 Å². The topological polar surface area (TPSA) is 149 Å². The number of furan rings is 1. The summed E-state index contributed by atoms with van der Waals surface area (Å²) in [5.41, 5.74) is 5.66. The minimum Gasteiger partial charge on any atom is -0.454 e. The quantitative estimate of drug-likeness (QED) is 0.209. The molecule has 2 N–H and O–H groups in total. The van der Waals surface area contributed by atoms with Gasteiger partial charge >= 0.3 is 0 Å². The van der Waals surface area contributed by atoms with Gasteiger partial charge in [0.2, 0.25) is 5.89 Å². The predicted octanol–water partition coefficient (Wildman–Crippen LogP) is 6.06.